The molecule has 0 bridgehead atoms. The Bertz CT molecular complexity index is 543. The SMILES string of the molecule is CCOc1cc2c(cc1OCC)CN(C(=O)CCC(C)N)CC2. The minimum Gasteiger partial charge on any atom is -0.490 e. The fourth-order valence-electron chi connectivity index (χ4n) is 2.82. The fraction of sp³-hybridized carbons (Fsp3) is 0.611. The van der Waals surface area contributed by atoms with E-state index in [1.807, 2.05) is 31.7 Å². The Morgan fingerprint density at radius 1 is 1.22 bits per heavy atom. The largest absolute Gasteiger partial charge is 0.490 e. The van der Waals surface area contributed by atoms with Gasteiger partial charge in [-0.3, -0.25) is 4.79 Å². The second kappa shape index (κ2) is 8.20. The predicted octanol–water partition coefficient (Wildman–Crippen LogP) is 2.50. The van der Waals surface area contributed by atoms with Gasteiger partial charge in [0.1, 0.15) is 0 Å². The van der Waals surface area contributed by atoms with Crippen LogP contribution in [0.5, 0.6) is 11.5 Å². The lowest BCUT2D eigenvalue weighted by molar-refractivity contribution is -0.132. The molecule has 0 aromatic heterocycles. The van der Waals surface area contributed by atoms with Gasteiger partial charge in [-0.1, -0.05) is 0 Å². The van der Waals surface area contributed by atoms with E-state index in [4.69, 9.17) is 15.2 Å². The molecular formula is C18H28N2O3. The summed E-state index contributed by atoms with van der Waals surface area (Å²) >= 11 is 0. The van der Waals surface area contributed by atoms with Crippen LogP contribution in [0.1, 0.15) is 44.7 Å². The zero-order valence-corrected chi connectivity index (χ0v) is 14.4. The summed E-state index contributed by atoms with van der Waals surface area (Å²) in [6, 6.07) is 4.15. The maximum atomic E-state index is 12.3. The maximum absolute atomic E-state index is 12.3. The quantitative estimate of drug-likeness (QED) is 0.838. The van der Waals surface area contributed by atoms with Gasteiger partial charge in [0.15, 0.2) is 11.5 Å². The van der Waals surface area contributed by atoms with Crippen molar-refractivity contribution in [2.24, 2.45) is 5.73 Å². The number of rotatable bonds is 7. The molecule has 1 aliphatic heterocycles. The summed E-state index contributed by atoms with van der Waals surface area (Å²) < 4.78 is 11.4. The Morgan fingerprint density at radius 3 is 2.39 bits per heavy atom. The summed E-state index contributed by atoms with van der Waals surface area (Å²) in [7, 11) is 0. The molecule has 5 nitrogen and oxygen atoms in total. The minimum absolute atomic E-state index is 0.0642. The molecular weight excluding hydrogens is 292 g/mol. The van der Waals surface area contributed by atoms with Crippen LogP contribution in [0.15, 0.2) is 12.1 Å². The topological polar surface area (TPSA) is 64.8 Å². The van der Waals surface area contributed by atoms with Gasteiger partial charge in [-0.05, 0) is 56.9 Å². The summed E-state index contributed by atoms with van der Waals surface area (Å²) in [4.78, 5) is 14.2. The Balaban J connectivity index is 2.13. The molecule has 1 unspecified atom stereocenters. The second-order valence-corrected chi connectivity index (χ2v) is 6.01. The van der Waals surface area contributed by atoms with Crippen molar-refractivity contribution in [1.29, 1.82) is 0 Å². The van der Waals surface area contributed by atoms with E-state index >= 15 is 0 Å². The van der Waals surface area contributed by atoms with Gasteiger partial charge < -0.3 is 20.1 Å². The number of hydrogen-bond acceptors (Lipinski definition) is 4. The van der Waals surface area contributed by atoms with Crippen molar-refractivity contribution in [3.05, 3.63) is 23.3 Å². The van der Waals surface area contributed by atoms with Crippen molar-refractivity contribution in [3.63, 3.8) is 0 Å². The van der Waals surface area contributed by atoms with Gasteiger partial charge in [-0.2, -0.15) is 0 Å². The van der Waals surface area contributed by atoms with Crippen LogP contribution >= 0.6 is 0 Å². The molecule has 1 amide bonds. The first kappa shape index (κ1) is 17.6. The molecule has 1 heterocycles. The van der Waals surface area contributed by atoms with E-state index in [0.717, 1.165) is 36.4 Å². The van der Waals surface area contributed by atoms with Crippen LogP contribution in [-0.2, 0) is 17.8 Å². The van der Waals surface area contributed by atoms with Crippen LogP contribution in [0.4, 0.5) is 0 Å². The fourth-order valence-corrected chi connectivity index (χ4v) is 2.82. The van der Waals surface area contributed by atoms with Crippen LogP contribution in [0.25, 0.3) is 0 Å². The minimum atomic E-state index is 0.0642. The molecule has 0 saturated carbocycles. The van der Waals surface area contributed by atoms with Crippen molar-refractivity contribution < 1.29 is 14.3 Å². The molecule has 1 aromatic rings. The molecule has 0 fully saturated rings. The van der Waals surface area contributed by atoms with Crippen molar-refractivity contribution in [2.75, 3.05) is 19.8 Å². The number of amides is 1. The first-order chi connectivity index (χ1) is 11.0. The van der Waals surface area contributed by atoms with E-state index in [1.54, 1.807) is 0 Å². The normalized spacial score (nSPS) is 15.0. The molecule has 1 atom stereocenters. The van der Waals surface area contributed by atoms with Gasteiger partial charge in [0.2, 0.25) is 5.91 Å². The first-order valence-corrected chi connectivity index (χ1v) is 8.49. The second-order valence-electron chi connectivity index (χ2n) is 6.01. The molecule has 1 aliphatic rings. The van der Waals surface area contributed by atoms with Crippen molar-refractivity contribution in [2.45, 2.75) is 52.6 Å². The average Bonchev–Trinajstić information content (AvgIpc) is 2.53. The molecule has 2 N–H and O–H groups in total. The first-order valence-electron chi connectivity index (χ1n) is 8.49. The summed E-state index contributed by atoms with van der Waals surface area (Å²) in [6.45, 7) is 8.45. The molecule has 1 aromatic carbocycles. The number of fused-ring (bicyclic) bond motifs is 1. The van der Waals surface area contributed by atoms with Crippen molar-refractivity contribution in [1.82, 2.24) is 4.90 Å². The highest BCUT2D eigenvalue weighted by Crippen LogP contribution is 2.34. The number of carbonyl (C=O) groups is 1. The molecule has 23 heavy (non-hydrogen) atoms. The van der Waals surface area contributed by atoms with Gasteiger partial charge in [-0.15, -0.1) is 0 Å². The van der Waals surface area contributed by atoms with Gasteiger partial charge in [0, 0.05) is 25.6 Å². The summed E-state index contributed by atoms with van der Waals surface area (Å²) in [6.07, 6.45) is 2.10. The van der Waals surface area contributed by atoms with E-state index in [9.17, 15) is 4.79 Å². The lowest BCUT2D eigenvalue weighted by Crippen LogP contribution is -2.36. The van der Waals surface area contributed by atoms with Crippen molar-refractivity contribution >= 4 is 5.91 Å². The van der Waals surface area contributed by atoms with E-state index in [1.165, 1.54) is 5.56 Å². The zero-order valence-electron chi connectivity index (χ0n) is 14.4. The highest BCUT2D eigenvalue weighted by atomic mass is 16.5. The average molecular weight is 320 g/mol. The monoisotopic (exact) mass is 320 g/mol. The lowest BCUT2D eigenvalue weighted by Gasteiger charge is -2.30. The number of hydrogen-bond donors (Lipinski definition) is 1. The summed E-state index contributed by atoms with van der Waals surface area (Å²) in [5.74, 6) is 1.74. The molecule has 0 saturated heterocycles. The van der Waals surface area contributed by atoms with E-state index in [-0.39, 0.29) is 11.9 Å². The van der Waals surface area contributed by atoms with Gasteiger partial charge in [-0.25, -0.2) is 0 Å². The Hall–Kier alpha value is -1.75. The molecule has 128 valence electrons. The van der Waals surface area contributed by atoms with E-state index in [2.05, 4.69) is 6.07 Å². The summed E-state index contributed by atoms with van der Waals surface area (Å²) in [5, 5.41) is 0. The number of nitrogens with zero attached hydrogens (tertiary/aromatic N) is 1. The smallest absolute Gasteiger partial charge is 0.222 e. The third-order valence-corrected chi connectivity index (χ3v) is 4.04. The standard InChI is InChI=1S/C18H28N2O3/c1-4-22-16-10-14-8-9-20(18(21)7-6-13(3)19)12-15(14)11-17(16)23-5-2/h10-11,13H,4-9,12,19H2,1-3H3. The van der Waals surface area contributed by atoms with Crippen LogP contribution in [0.3, 0.4) is 0 Å². The third kappa shape index (κ3) is 4.61. The number of ether oxygens (including phenoxy) is 2. The highest BCUT2D eigenvalue weighted by Gasteiger charge is 2.23. The molecule has 5 heteroatoms. The third-order valence-electron chi connectivity index (χ3n) is 4.04. The Labute approximate surface area is 138 Å². The molecule has 0 spiro atoms. The van der Waals surface area contributed by atoms with Gasteiger partial charge in [0.05, 0.1) is 13.2 Å². The van der Waals surface area contributed by atoms with Crippen LogP contribution in [0, 0.1) is 0 Å². The summed E-state index contributed by atoms with van der Waals surface area (Å²) in [5.41, 5.74) is 8.14. The van der Waals surface area contributed by atoms with Crippen molar-refractivity contribution in [3.8, 4) is 11.5 Å². The Kier molecular flexibility index (Phi) is 6.28. The Morgan fingerprint density at radius 2 is 1.83 bits per heavy atom. The van der Waals surface area contributed by atoms with E-state index in [0.29, 0.717) is 26.2 Å². The van der Waals surface area contributed by atoms with E-state index < -0.39 is 0 Å². The highest BCUT2D eigenvalue weighted by molar-refractivity contribution is 5.76. The lowest BCUT2D eigenvalue weighted by atomic mass is 9.98. The zero-order chi connectivity index (χ0) is 16.8. The molecule has 2 rings (SSSR count). The molecule has 0 aliphatic carbocycles. The van der Waals surface area contributed by atoms with Crippen LogP contribution in [0.2, 0.25) is 0 Å². The van der Waals surface area contributed by atoms with Crippen LogP contribution in [-0.4, -0.2) is 36.6 Å². The maximum Gasteiger partial charge on any atom is 0.222 e. The van der Waals surface area contributed by atoms with Crippen LogP contribution < -0.4 is 15.2 Å². The number of benzene rings is 1. The number of carbonyl (C=O) groups excluding carboxylic acids is 1. The van der Waals surface area contributed by atoms with Gasteiger partial charge >= 0.3 is 0 Å². The van der Waals surface area contributed by atoms with Gasteiger partial charge in [0.25, 0.3) is 0 Å². The number of nitrogens with two attached hydrogens (primary N) is 1. The molecule has 0 radical (unpaired) electrons. The predicted molar refractivity (Wildman–Crippen MR) is 90.8 cm³/mol.